The molecule has 1 amide bonds. The molecule has 2 aromatic rings. The van der Waals surface area contributed by atoms with Gasteiger partial charge in [0.1, 0.15) is 11.6 Å². The van der Waals surface area contributed by atoms with E-state index in [1.165, 1.54) is 18.2 Å². The molecule has 5 nitrogen and oxygen atoms in total. The number of hydrogen-bond acceptors (Lipinski definition) is 2. The number of nitrogens with one attached hydrogen (secondary N) is 2. The molecule has 0 unspecified atom stereocenters. The third-order valence-electron chi connectivity index (χ3n) is 4.03. The Morgan fingerprint density at radius 3 is 2.32 bits per heavy atom. The first kappa shape index (κ1) is 23.8. The molecule has 0 saturated heterocycles. The molecule has 8 heteroatoms. The smallest absolute Gasteiger partial charge is 0.251 e. The monoisotopic (exact) mass is 502 g/mol. The summed E-state index contributed by atoms with van der Waals surface area (Å²) in [5.74, 6) is -0.350. The summed E-state index contributed by atoms with van der Waals surface area (Å²) in [6.45, 7) is 3.03. The van der Waals surface area contributed by atoms with Gasteiger partial charge in [0.2, 0.25) is 0 Å². The number of halogens is 3. The molecule has 2 rings (SSSR count). The summed E-state index contributed by atoms with van der Waals surface area (Å²) >= 11 is 0. The van der Waals surface area contributed by atoms with E-state index in [9.17, 15) is 13.6 Å². The van der Waals surface area contributed by atoms with E-state index < -0.39 is 5.82 Å². The zero-order chi connectivity index (χ0) is 19.8. The van der Waals surface area contributed by atoms with E-state index in [2.05, 4.69) is 15.6 Å². The molecule has 28 heavy (non-hydrogen) atoms. The molecule has 0 saturated carbocycles. The lowest BCUT2D eigenvalue weighted by atomic mass is 10.1. The van der Waals surface area contributed by atoms with Crippen molar-refractivity contribution in [1.82, 2.24) is 15.5 Å². The summed E-state index contributed by atoms with van der Waals surface area (Å²) in [4.78, 5) is 18.1. The predicted octanol–water partition coefficient (Wildman–Crippen LogP) is 3.33. The Kier molecular flexibility index (Phi) is 9.84. The first-order valence-corrected chi connectivity index (χ1v) is 8.61. The molecule has 0 atom stereocenters. The van der Waals surface area contributed by atoms with Crippen molar-refractivity contribution in [2.75, 3.05) is 27.2 Å². The number of nitrogens with zero attached hydrogens (tertiary/aromatic N) is 2. The Morgan fingerprint density at radius 2 is 1.71 bits per heavy atom. The Labute approximate surface area is 181 Å². The van der Waals surface area contributed by atoms with Crippen LogP contribution in [-0.4, -0.2) is 44.0 Å². The average Bonchev–Trinajstić information content (AvgIpc) is 2.65. The van der Waals surface area contributed by atoms with Crippen LogP contribution in [-0.2, 0) is 6.54 Å². The SMILES string of the molecule is CN=C(NCCNC(=O)c1ccc(C)c(F)c1)N(C)Cc1ccc(F)cc1.I. The number of hydrogen-bond donors (Lipinski definition) is 2. The fraction of sp³-hybridized carbons (Fsp3) is 0.300. The Hall–Kier alpha value is -2.23. The van der Waals surface area contributed by atoms with Gasteiger partial charge in [0.15, 0.2) is 5.96 Å². The molecule has 152 valence electrons. The van der Waals surface area contributed by atoms with Crippen LogP contribution in [0.2, 0.25) is 0 Å². The van der Waals surface area contributed by atoms with Gasteiger partial charge in [-0.1, -0.05) is 18.2 Å². The van der Waals surface area contributed by atoms with Crippen molar-refractivity contribution in [2.24, 2.45) is 4.99 Å². The number of guanidine groups is 1. The molecule has 0 bridgehead atoms. The maximum atomic E-state index is 13.5. The van der Waals surface area contributed by atoms with Crippen LogP contribution in [0.25, 0.3) is 0 Å². The third kappa shape index (κ3) is 7.06. The molecule has 0 radical (unpaired) electrons. The van der Waals surface area contributed by atoms with Gasteiger partial charge in [-0.25, -0.2) is 8.78 Å². The Balaban J connectivity index is 0.00000392. The van der Waals surface area contributed by atoms with E-state index in [-0.39, 0.29) is 41.3 Å². The van der Waals surface area contributed by atoms with E-state index in [1.54, 1.807) is 38.2 Å². The first-order valence-electron chi connectivity index (χ1n) is 8.61. The maximum absolute atomic E-state index is 13.5. The predicted molar refractivity (Wildman–Crippen MR) is 118 cm³/mol. The molecular weight excluding hydrogens is 477 g/mol. The number of rotatable bonds is 6. The van der Waals surface area contributed by atoms with Gasteiger partial charge in [-0.3, -0.25) is 9.79 Å². The Bertz CT molecular complexity index is 812. The van der Waals surface area contributed by atoms with Crippen LogP contribution in [0, 0.1) is 18.6 Å². The molecule has 2 N–H and O–H groups in total. The van der Waals surface area contributed by atoms with Crippen molar-refractivity contribution in [1.29, 1.82) is 0 Å². The lowest BCUT2D eigenvalue weighted by Gasteiger charge is -2.22. The van der Waals surface area contributed by atoms with Crippen LogP contribution in [0.15, 0.2) is 47.5 Å². The number of benzene rings is 2. The van der Waals surface area contributed by atoms with Gasteiger partial charge in [0.25, 0.3) is 5.91 Å². The molecule has 0 spiro atoms. The molecule has 0 aliphatic carbocycles. The van der Waals surface area contributed by atoms with E-state index in [4.69, 9.17) is 0 Å². The molecule has 0 aliphatic heterocycles. The third-order valence-corrected chi connectivity index (χ3v) is 4.03. The van der Waals surface area contributed by atoms with E-state index in [1.807, 2.05) is 11.9 Å². The van der Waals surface area contributed by atoms with Gasteiger partial charge in [-0.2, -0.15) is 0 Å². The fourth-order valence-electron chi connectivity index (χ4n) is 2.51. The van der Waals surface area contributed by atoms with Crippen LogP contribution in [0.3, 0.4) is 0 Å². The van der Waals surface area contributed by atoms with Crippen molar-refractivity contribution < 1.29 is 13.6 Å². The van der Waals surface area contributed by atoms with Crippen LogP contribution >= 0.6 is 24.0 Å². The summed E-state index contributed by atoms with van der Waals surface area (Å²) < 4.78 is 26.5. The van der Waals surface area contributed by atoms with E-state index >= 15 is 0 Å². The fourth-order valence-corrected chi connectivity index (χ4v) is 2.51. The average molecular weight is 502 g/mol. The minimum absolute atomic E-state index is 0. The second-order valence-electron chi connectivity index (χ2n) is 6.18. The molecule has 0 aliphatic rings. The summed E-state index contributed by atoms with van der Waals surface area (Å²) in [5, 5.41) is 5.88. The highest BCUT2D eigenvalue weighted by Crippen LogP contribution is 2.09. The van der Waals surface area contributed by atoms with Gasteiger partial charge in [0.05, 0.1) is 0 Å². The highest BCUT2D eigenvalue weighted by molar-refractivity contribution is 14.0. The number of carbonyl (C=O) groups is 1. The lowest BCUT2D eigenvalue weighted by Crippen LogP contribution is -2.42. The Morgan fingerprint density at radius 1 is 1.07 bits per heavy atom. The minimum Gasteiger partial charge on any atom is -0.354 e. The van der Waals surface area contributed by atoms with Crippen LogP contribution in [0.5, 0.6) is 0 Å². The van der Waals surface area contributed by atoms with Crippen molar-refractivity contribution >= 4 is 35.8 Å². The number of aryl methyl sites for hydroxylation is 1. The van der Waals surface area contributed by atoms with Crippen molar-refractivity contribution in [3.8, 4) is 0 Å². The number of aliphatic imine (C=N–C) groups is 1. The zero-order valence-electron chi connectivity index (χ0n) is 16.1. The number of carbonyl (C=O) groups excluding carboxylic acids is 1. The summed E-state index contributed by atoms with van der Waals surface area (Å²) in [5.41, 5.74) is 1.74. The summed E-state index contributed by atoms with van der Waals surface area (Å²) in [7, 11) is 3.53. The van der Waals surface area contributed by atoms with Gasteiger partial charge in [0, 0.05) is 39.3 Å². The van der Waals surface area contributed by atoms with E-state index in [0.717, 1.165) is 5.56 Å². The number of amides is 1. The second-order valence-corrected chi connectivity index (χ2v) is 6.18. The second kappa shape index (κ2) is 11.6. The highest BCUT2D eigenvalue weighted by Gasteiger charge is 2.09. The molecule has 0 fully saturated rings. The topological polar surface area (TPSA) is 56.7 Å². The quantitative estimate of drug-likeness (QED) is 0.276. The standard InChI is InChI=1S/C20H24F2N4O.HI/c1-14-4-7-16(12-18(14)22)19(27)24-10-11-25-20(23-2)26(3)13-15-5-8-17(21)9-6-15;/h4-9,12H,10-11,13H2,1-3H3,(H,23,25)(H,24,27);1H. The van der Waals surface area contributed by atoms with Crippen molar-refractivity contribution in [3.05, 3.63) is 70.8 Å². The maximum Gasteiger partial charge on any atom is 0.251 e. The van der Waals surface area contributed by atoms with Gasteiger partial charge in [-0.15, -0.1) is 24.0 Å². The van der Waals surface area contributed by atoms with Gasteiger partial charge < -0.3 is 15.5 Å². The van der Waals surface area contributed by atoms with Gasteiger partial charge in [-0.05, 0) is 42.3 Å². The normalized spacial score (nSPS) is 10.8. The molecular formula is C20H25F2IN4O. The van der Waals surface area contributed by atoms with Crippen LogP contribution in [0.1, 0.15) is 21.5 Å². The summed E-state index contributed by atoms with van der Waals surface area (Å²) in [6.07, 6.45) is 0. The van der Waals surface area contributed by atoms with Crippen LogP contribution in [0.4, 0.5) is 8.78 Å². The van der Waals surface area contributed by atoms with Crippen LogP contribution < -0.4 is 10.6 Å². The van der Waals surface area contributed by atoms with Crippen molar-refractivity contribution in [2.45, 2.75) is 13.5 Å². The largest absolute Gasteiger partial charge is 0.354 e. The summed E-state index contributed by atoms with van der Waals surface area (Å²) in [6, 6.07) is 10.7. The molecule has 2 aromatic carbocycles. The van der Waals surface area contributed by atoms with Crippen molar-refractivity contribution in [3.63, 3.8) is 0 Å². The molecule has 0 heterocycles. The lowest BCUT2D eigenvalue weighted by molar-refractivity contribution is 0.0954. The zero-order valence-corrected chi connectivity index (χ0v) is 18.5. The first-order chi connectivity index (χ1) is 12.9. The van der Waals surface area contributed by atoms with E-state index in [0.29, 0.717) is 31.2 Å². The molecule has 0 aromatic heterocycles. The van der Waals surface area contributed by atoms with Gasteiger partial charge >= 0.3 is 0 Å². The highest BCUT2D eigenvalue weighted by atomic mass is 127. The minimum atomic E-state index is -0.399.